The van der Waals surface area contributed by atoms with Crippen molar-refractivity contribution in [3.8, 4) is 0 Å². The lowest BCUT2D eigenvalue weighted by atomic mass is 9.82. The molecule has 3 heterocycles. The van der Waals surface area contributed by atoms with Crippen molar-refractivity contribution in [2.45, 2.75) is 44.6 Å². The van der Waals surface area contributed by atoms with Gasteiger partial charge in [-0.2, -0.15) is 5.10 Å². The van der Waals surface area contributed by atoms with E-state index in [-0.39, 0.29) is 12.1 Å². The number of likely N-dealkylation sites (tertiary alicyclic amines) is 1. The SMILES string of the molecule is Cn1cc(N2CCC[C@H](NC(=O)N3C[C@H]4CCCC[C@H]4C3)C2)cn1. The normalized spacial score (nSPS) is 30.3. The summed E-state index contributed by atoms with van der Waals surface area (Å²) >= 11 is 0. The maximum Gasteiger partial charge on any atom is 0.317 e. The van der Waals surface area contributed by atoms with Crippen LogP contribution in [0.3, 0.4) is 0 Å². The number of nitrogens with zero attached hydrogens (tertiary/aromatic N) is 4. The molecule has 0 spiro atoms. The lowest BCUT2D eigenvalue weighted by molar-refractivity contribution is 0.200. The molecule has 132 valence electrons. The predicted octanol–water partition coefficient (Wildman–Crippen LogP) is 2.22. The molecule has 2 saturated heterocycles. The van der Waals surface area contributed by atoms with Crippen LogP contribution in [0, 0.1) is 11.8 Å². The monoisotopic (exact) mass is 331 g/mol. The van der Waals surface area contributed by atoms with Crippen molar-refractivity contribution in [2.24, 2.45) is 18.9 Å². The maximum absolute atomic E-state index is 12.7. The molecule has 1 saturated carbocycles. The summed E-state index contributed by atoms with van der Waals surface area (Å²) in [5.74, 6) is 1.51. The summed E-state index contributed by atoms with van der Waals surface area (Å²) in [4.78, 5) is 17.1. The Kier molecular flexibility index (Phi) is 4.37. The zero-order valence-corrected chi connectivity index (χ0v) is 14.7. The summed E-state index contributed by atoms with van der Waals surface area (Å²) in [6.07, 6.45) is 11.5. The Morgan fingerprint density at radius 2 is 1.88 bits per heavy atom. The molecule has 1 aromatic rings. The highest BCUT2D eigenvalue weighted by atomic mass is 16.2. The van der Waals surface area contributed by atoms with Crippen LogP contribution in [0.4, 0.5) is 10.5 Å². The topological polar surface area (TPSA) is 53.4 Å². The minimum absolute atomic E-state index is 0.155. The van der Waals surface area contributed by atoms with Crippen LogP contribution in [0.25, 0.3) is 0 Å². The van der Waals surface area contributed by atoms with E-state index >= 15 is 0 Å². The summed E-state index contributed by atoms with van der Waals surface area (Å²) < 4.78 is 1.84. The van der Waals surface area contributed by atoms with Gasteiger partial charge >= 0.3 is 6.03 Å². The van der Waals surface area contributed by atoms with Gasteiger partial charge in [-0.25, -0.2) is 4.79 Å². The van der Waals surface area contributed by atoms with Crippen molar-refractivity contribution in [1.29, 1.82) is 0 Å². The third kappa shape index (κ3) is 3.23. The van der Waals surface area contributed by atoms with Gasteiger partial charge in [0.2, 0.25) is 0 Å². The van der Waals surface area contributed by atoms with E-state index < -0.39 is 0 Å². The molecular formula is C18H29N5O. The quantitative estimate of drug-likeness (QED) is 0.904. The van der Waals surface area contributed by atoms with Crippen LogP contribution in [0.1, 0.15) is 38.5 Å². The second-order valence-electron chi connectivity index (χ2n) is 7.82. The Hall–Kier alpha value is -1.72. The number of carbonyl (C=O) groups excluding carboxylic acids is 1. The number of hydrogen-bond acceptors (Lipinski definition) is 3. The van der Waals surface area contributed by atoms with Crippen LogP contribution in [0.5, 0.6) is 0 Å². The summed E-state index contributed by atoms with van der Waals surface area (Å²) in [5, 5.41) is 7.56. The fourth-order valence-corrected chi connectivity index (χ4v) is 4.74. The number of nitrogens with one attached hydrogen (secondary N) is 1. The standard InChI is InChI=1S/C18H29N5O/c1-21-13-17(9-19-21)22-8-4-7-16(12-22)20-18(24)23-10-14-5-2-3-6-15(14)11-23/h9,13-16H,2-8,10-12H2,1H3,(H,20,24)/t14-,15+,16-/m0/s1. The Labute approximate surface area is 144 Å². The van der Waals surface area contributed by atoms with Crippen LogP contribution in [0.15, 0.2) is 12.4 Å². The molecule has 3 fully saturated rings. The van der Waals surface area contributed by atoms with Crippen molar-refractivity contribution in [2.75, 3.05) is 31.1 Å². The molecule has 0 bridgehead atoms. The smallest absolute Gasteiger partial charge is 0.317 e. The first-order chi connectivity index (χ1) is 11.7. The third-order valence-electron chi connectivity index (χ3n) is 6.07. The summed E-state index contributed by atoms with van der Waals surface area (Å²) in [7, 11) is 1.94. The minimum atomic E-state index is 0.155. The van der Waals surface area contributed by atoms with Gasteiger partial charge in [-0.1, -0.05) is 12.8 Å². The summed E-state index contributed by atoms with van der Waals surface area (Å²) in [6.45, 7) is 3.87. The van der Waals surface area contributed by atoms with Gasteiger partial charge in [-0.05, 0) is 37.5 Å². The second-order valence-corrected chi connectivity index (χ2v) is 7.82. The number of rotatable bonds is 2. The molecule has 24 heavy (non-hydrogen) atoms. The highest BCUT2D eigenvalue weighted by Gasteiger charge is 2.37. The van der Waals surface area contributed by atoms with Gasteiger partial charge in [0.15, 0.2) is 0 Å². The average Bonchev–Trinajstić information content (AvgIpc) is 3.21. The first-order valence-corrected chi connectivity index (χ1v) is 9.48. The number of aryl methyl sites for hydroxylation is 1. The molecule has 4 rings (SSSR count). The van der Waals surface area contributed by atoms with Gasteiger partial charge in [0.1, 0.15) is 0 Å². The zero-order chi connectivity index (χ0) is 16.5. The van der Waals surface area contributed by atoms with Gasteiger partial charge in [0.05, 0.1) is 11.9 Å². The molecular weight excluding hydrogens is 302 g/mol. The molecule has 0 aromatic carbocycles. The second kappa shape index (κ2) is 6.65. The molecule has 1 aliphatic carbocycles. The van der Waals surface area contributed by atoms with Gasteiger partial charge < -0.3 is 15.1 Å². The Bertz CT molecular complexity index is 572. The Balaban J connectivity index is 1.32. The van der Waals surface area contributed by atoms with Crippen LogP contribution >= 0.6 is 0 Å². The van der Waals surface area contributed by atoms with E-state index in [0.29, 0.717) is 0 Å². The average molecular weight is 331 g/mol. The number of carbonyl (C=O) groups is 1. The number of aromatic nitrogens is 2. The molecule has 6 heteroatoms. The van der Waals surface area contributed by atoms with E-state index in [4.69, 9.17) is 0 Å². The first-order valence-electron chi connectivity index (χ1n) is 9.48. The number of amides is 2. The van der Waals surface area contributed by atoms with E-state index in [1.807, 2.05) is 17.9 Å². The van der Waals surface area contributed by atoms with Crippen molar-refractivity contribution in [1.82, 2.24) is 20.0 Å². The van der Waals surface area contributed by atoms with Crippen LogP contribution in [-0.4, -0.2) is 52.9 Å². The lowest BCUT2D eigenvalue weighted by Gasteiger charge is -2.34. The van der Waals surface area contributed by atoms with Crippen molar-refractivity contribution in [3.05, 3.63) is 12.4 Å². The Morgan fingerprint density at radius 1 is 1.12 bits per heavy atom. The van der Waals surface area contributed by atoms with E-state index in [9.17, 15) is 4.79 Å². The fourth-order valence-electron chi connectivity index (χ4n) is 4.74. The van der Waals surface area contributed by atoms with E-state index in [2.05, 4.69) is 26.4 Å². The molecule has 2 aliphatic heterocycles. The summed E-state index contributed by atoms with van der Waals surface area (Å²) in [6, 6.07) is 0.400. The fraction of sp³-hybridized carbons (Fsp3) is 0.778. The van der Waals surface area contributed by atoms with Crippen molar-refractivity contribution >= 4 is 11.7 Å². The number of urea groups is 1. The molecule has 0 radical (unpaired) electrons. The molecule has 2 amide bonds. The molecule has 1 N–H and O–H groups in total. The van der Waals surface area contributed by atoms with Gasteiger partial charge in [0.25, 0.3) is 0 Å². The lowest BCUT2D eigenvalue weighted by Crippen LogP contribution is -2.51. The van der Waals surface area contributed by atoms with Crippen LogP contribution in [0.2, 0.25) is 0 Å². The first kappa shape index (κ1) is 15.8. The highest BCUT2D eigenvalue weighted by Crippen LogP contribution is 2.36. The largest absolute Gasteiger partial charge is 0.367 e. The van der Waals surface area contributed by atoms with Crippen molar-refractivity contribution in [3.63, 3.8) is 0 Å². The molecule has 0 unspecified atom stereocenters. The highest BCUT2D eigenvalue weighted by molar-refractivity contribution is 5.75. The molecule has 3 aliphatic rings. The molecule has 6 nitrogen and oxygen atoms in total. The predicted molar refractivity (Wildman–Crippen MR) is 94.0 cm³/mol. The zero-order valence-electron chi connectivity index (χ0n) is 14.7. The Morgan fingerprint density at radius 3 is 2.54 bits per heavy atom. The minimum Gasteiger partial charge on any atom is -0.367 e. The van der Waals surface area contributed by atoms with Crippen molar-refractivity contribution < 1.29 is 4.79 Å². The number of piperidine rings is 1. The maximum atomic E-state index is 12.7. The molecule has 1 aromatic heterocycles. The van der Waals surface area contributed by atoms with E-state index in [0.717, 1.165) is 56.5 Å². The van der Waals surface area contributed by atoms with Crippen LogP contribution < -0.4 is 10.2 Å². The number of hydrogen-bond donors (Lipinski definition) is 1. The number of fused-ring (bicyclic) bond motifs is 1. The van der Waals surface area contributed by atoms with Gasteiger partial charge in [-0.3, -0.25) is 4.68 Å². The van der Waals surface area contributed by atoms with E-state index in [1.54, 1.807) is 0 Å². The van der Waals surface area contributed by atoms with Gasteiger partial charge in [0, 0.05) is 45.5 Å². The summed E-state index contributed by atoms with van der Waals surface area (Å²) in [5.41, 5.74) is 1.16. The van der Waals surface area contributed by atoms with Crippen LogP contribution in [-0.2, 0) is 7.05 Å². The van der Waals surface area contributed by atoms with Gasteiger partial charge in [-0.15, -0.1) is 0 Å². The third-order valence-corrected chi connectivity index (χ3v) is 6.07. The molecule has 3 atom stereocenters. The van der Waals surface area contributed by atoms with E-state index in [1.165, 1.54) is 25.7 Å². The number of anilines is 1.